The van der Waals surface area contributed by atoms with Crippen LogP contribution in [0.2, 0.25) is 0 Å². The Balaban J connectivity index is 1.11. The summed E-state index contributed by atoms with van der Waals surface area (Å²) in [6.45, 7) is 4.40. The average molecular weight is 889 g/mol. The van der Waals surface area contributed by atoms with Crippen LogP contribution in [-0.4, -0.2) is 0 Å². The Morgan fingerprint density at radius 1 is 0.466 bits per heavy atom. The first-order chi connectivity index (χ1) is 28.3. The molecule has 0 aliphatic heterocycles. The maximum Gasteiger partial charge on any atom is 0.146 e. The topological polar surface area (TPSA) is 95.2 Å². The Morgan fingerprint density at radius 2 is 0.948 bits per heavy atom. The zero-order valence-corrected chi connectivity index (χ0v) is 37.0. The van der Waals surface area contributed by atoms with E-state index in [0.717, 1.165) is 27.2 Å². The number of nitriles is 4. The van der Waals surface area contributed by atoms with E-state index in [9.17, 15) is 21.0 Å². The molecule has 0 aliphatic carbocycles. The second-order valence-corrected chi connectivity index (χ2v) is 21.7. The lowest BCUT2D eigenvalue weighted by atomic mass is 10.0. The smallest absolute Gasteiger partial charge is 0.146 e. The fraction of sp³-hybridized carbons (Fsp3) is 0.0435. The average Bonchev–Trinajstić information content (AvgIpc) is 4.07. The number of aryl methyl sites for hydroxylation is 2. The summed E-state index contributed by atoms with van der Waals surface area (Å²) in [7, 11) is 0. The molecule has 0 radical (unpaired) electrons. The summed E-state index contributed by atoms with van der Waals surface area (Å²) in [6, 6.07) is 42.0. The summed E-state index contributed by atoms with van der Waals surface area (Å²) in [4.78, 5) is 8.73. The lowest BCUT2D eigenvalue weighted by molar-refractivity contribution is 1.39. The van der Waals surface area contributed by atoms with E-state index in [1.807, 2.05) is 93.9 Å². The van der Waals surface area contributed by atoms with Gasteiger partial charge in [-0.25, -0.2) is 0 Å². The van der Waals surface area contributed by atoms with E-state index in [1.165, 1.54) is 83.6 Å². The van der Waals surface area contributed by atoms with Gasteiger partial charge in [0.1, 0.15) is 35.4 Å². The Labute approximate surface area is 364 Å². The van der Waals surface area contributed by atoms with Crippen molar-refractivity contribution in [1.29, 1.82) is 21.0 Å². The normalized spacial score (nSPS) is 13.0. The summed E-state index contributed by atoms with van der Waals surface area (Å²) < 4.78 is 9.35. The van der Waals surface area contributed by atoms with Gasteiger partial charge >= 0.3 is 0 Å². The molecule has 0 saturated carbocycles. The predicted molar refractivity (Wildman–Crippen MR) is 249 cm³/mol. The van der Waals surface area contributed by atoms with Crippen LogP contribution in [0.3, 0.4) is 0 Å². The summed E-state index contributed by atoms with van der Waals surface area (Å²) in [5.74, 6) is 0. The predicted octanol–water partition coefficient (Wildman–Crippen LogP) is 11.6. The monoisotopic (exact) mass is 888 g/mol. The van der Waals surface area contributed by atoms with E-state index in [-0.39, 0.29) is 11.1 Å². The van der Waals surface area contributed by atoms with Gasteiger partial charge in [-0.15, -0.1) is 90.7 Å². The number of thiophene rings is 8. The van der Waals surface area contributed by atoms with Gasteiger partial charge in [-0.3, -0.25) is 0 Å². The standard InChI is InChI=1S/C46H24N4S8/c1-25-4-3-5-26(2)43(25)42-20-33-44(40-12-8-31(53-40)18-29-6-10-36(51-29)38-16-14-34(55-38)27(21-47)22-48)58-46(45(33)57-42)41-13-9-32(54-41)19-30-7-11-37(52-30)39-17-15-35(56-39)28(23-49)24-50/h3-20H,1-2H3/b29-18-,30-19-,38-36+,39-37+. The van der Waals surface area contributed by atoms with E-state index < -0.39 is 0 Å². The Kier molecular flexibility index (Phi) is 10.5. The quantitative estimate of drug-likeness (QED) is 0.172. The van der Waals surface area contributed by atoms with E-state index in [1.54, 1.807) is 22.7 Å². The third-order valence-electron chi connectivity index (χ3n) is 9.28. The van der Waals surface area contributed by atoms with Crippen molar-refractivity contribution in [3.63, 3.8) is 0 Å². The highest BCUT2D eigenvalue weighted by Crippen LogP contribution is 2.52. The molecule has 9 rings (SSSR count). The van der Waals surface area contributed by atoms with Crippen LogP contribution in [0.5, 0.6) is 0 Å². The zero-order chi connectivity index (χ0) is 39.9. The van der Waals surface area contributed by atoms with Gasteiger partial charge in [-0.05, 0) is 122 Å². The fourth-order valence-electron chi connectivity index (χ4n) is 6.59. The first-order valence-corrected chi connectivity index (χ1v) is 24.1. The van der Waals surface area contributed by atoms with Gasteiger partial charge in [0.15, 0.2) is 0 Å². The highest BCUT2D eigenvalue weighted by atomic mass is 32.1. The Morgan fingerprint density at radius 3 is 1.47 bits per heavy atom. The molecule has 8 aromatic heterocycles. The summed E-state index contributed by atoms with van der Waals surface area (Å²) in [6.07, 6.45) is 4.48. The summed E-state index contributed by atoms with van der Waals surface area (Å²) in [5.41, 5.74) is 4.17. The molecule has 0 atom stereocenters. The lowest BCUT2D eigenvalue weighted by Crippen LogP contribution is -1.93. The van der Waals surface area contributed by atoms with Crippen LogP contribution in [0.25, 0.3) is 63.3 Å². The minimum Gasteiger partial charge on any atom is -0.192 e. The molecular weight excluding hydrogens is 865 g/mol. The van der Waals surface area contributed by atoms with Crippen LogP contribution < -0.4 is 18.1 Å². The highest BCUT2D eigenvalue weighted by Gasteiger charge is 2.21. The SMILES string of the molecule is Cc1cccc(C)c1-c1cc2c(-c3ccc(/C=c4/cc/c(=c5/ccc(=C(C#N)C#N)s5)s4)s3)sc(-c3ccc(/C=c4/cc/c(=c5/ccc(=C(C#N)C#N)s5)s4)s3)c2s1. The molecule has 9 aromatic rings. The summed E-state index contributed by atoms with van der Waals surface area (Å²) in [5, 5.41) is 38.5. The van der Waals surface area contributed by atoms with Crippen molar-refractivity contribution >= 4 is 124 Å². The first-order valence-electron chi connectivity index (χ1n) is 17.6. The van der Waals surface area contributed by atoms with Gasteiger partial charge in [0.25, 0.3) is 0 Å². The van der Waals surface area contributed by atoms with Crippen LogP contribution in [0.4, 0.5) is 0 Å². The molecule has 0 spiro atoms. The maximum absolute atomic E-state index is 9.29. The van der Waals surface area contributed by atoms with Gasteiger partial charge in [0.05, 0.1) is 23.5 Å². The number of nitrogens with zero attached hydrogens (tertiary/aromatic N) is 4. The van der Waals surface area contributed by atoms with Crippen LogP contribution in [0.15, 0.2) is 97.1 Å². The van der Waals surface area contributed by atoms with Crippen molar-refractivity contribution in [3.05, 3.63) is 154 Å². The molecule has 0 fully saturated rings. The number of hydrogen-bond acceptors (Lipinski definition) is 12. The van der Waals surface area contributed by atoms with Crippen molar-refractivity contribution in [2.45, 2.75) is 13.8 Å². The third kappa shape index (κ3) is 7.27. The Bertz CT molecular complexity index is 3460. The fourth-order valence-corrected chi connectivity index (χ4v) is 15.8. The molecule has 12 heteroatoms. The molecule has 276 valence electrons. The Hall–Kier alpha value is -5.48. The van der Waals surface area contributed by atoms with Crippen molar-refractivity contribution in [3.8, 4) is 54.2 Å². The number of rotatable bonds is 5. The van der Waals surface area contributed by atoms with Crippen molar-refractivity contribution < 1.29 is 0 Å². The first kappa shape index (κ1) is 38.1. The van der Waals surface area contributed by atoms with Crippen molar-refractivity contribution in [2.75, 3.05) is 0 Å². The molecule has 0 bridgehead atoms. The maximum atomic E-state index is 9.29. The molecule has 4 nitrogen and oxygen atoms in total. The molecular formula is C46H24N4S8. The molecule has 1 aromatic carbocycles. The van der Waals surface area contributed by atoms with E-state index >= 15 is 0 Å². The summed E-state index contributed by atoms with van der Waals surface area (Å²) >= 11 is 13.7. The van der Waals surface area contributed by atoms with Gasteiger partial charge in [0, 0.05) is 57.0 Å². The van der Waals surface area contributed by atoms with Crippen molar-refractivity contribution in [1.82, 2.24) is 0 Å². The van der Waals surface area contributed by atoms with E-state index in [0.29, 0.717) is 9.06 Å². The molecule has 0 N–H and O–H groups in total. The van der Waals surface area contributed by atoms with Crippen LogP contribution >= 0.6 is 90.7 Å². The van der Waals surface area contributed by atoms with Crippen molar-refractivity contribution in [2.24, 2.45) is 0 Å². The van der Waals surface area contributed by atoms with Gasteiger partial charge in [-0.1, -0.05) is 18.2 Å². The largest absolute Gasteiger partial charge is 0.192 e. The van der Waals surface area contributed by atoms with Crippen LogP contribution in [-0.2, 0) is 0 Å². The second kappa shape index (κ2) is 16.0. The molecule has 0 aliphatic rings. The van der Waals surface area contributed by atoms with E-state index in [4.69, 9.17) is 0 Å². The number of benzene rings is 1. The number of hydrogen-bond donors (Lipinski definition) is 0. The van der Waals surface area contributed by atoms with Crippen LogP contribution in [0.1, 0.15) is 20.9 Å². The molecule has 0 saturated heterocycles. The van der Waals surface area contributed by atoms with Gasteiger partial charge in [-0.2, -0.15) is 21.0 Å². The number of fused-ring (bicyclic) bond motifs is 1. The van der Waals surface area contributed by atoms with Gasteiger partial charge < -0.3 is 0 Å². The zero-order valence-electron chi connectivity index (χ0n) is 30.4. The molecule has 0 amide bonds. The second-order valence-electron chi connectivity index (χ2n) is 13.0. The van der Waals surface area contributed by atoms with E-state index in [2.05, 4.69) is 98.8 Å². The highest BCUT2D eigenvalue weighted by molar-refractivity contribution is 7.33. The third-order valence-corrected chi connectivity index (χ3v) is 18.9. The minimum atomic E-state index is 0.147. The lowest BCUT2D eigenvalue weighted by Gasteiger charge is -2.07. The molecule has 58 heavy (non-hydrogen) atoms. The molecule has 8 heterocycles. The van der Waals surface area contributed by atoms with Gasteiger partial charge in [0.2, 0.25) is 0 Å². The molecule has 0 unspecified atom stereocenters. The van der Waals surface area contributed by atoms with Crippen LogP contribution in [0, 0.1) is 77.3 Å². The minimum absolute atomic E-state index is 0.147.